The molecule has 0 amide bonds. The van der Waals surface area contributed by atoms with Crippen LogP contribution in [0, 0.1) is 0 Å². The quantitative estimate of drug-likeness (QED) is 0.0319. The third kappa shape index (κ3) is 69.7. The molecule has 0 saturated carbocycles. The number of rotatable bonds is 20. The van der Waals surface area contributed by atoms with E-state index in [0.717, 1.165) is 0 Å². The van der Waals surface area contributed by atoms with E-state index in [-0.39, 0.29) is 92.9 Å². The van der Waals surface area contributed by atoms with Crippen LogP contribution in [0.4, 0.5) is 0 Å². The van der Waals surface area contributed by atoms with Crippen molar-refractivity contribution in [2.45, 2.75) is 73.8 Å². The number of aliphatic carboxylic acids is 12. The molecule has 0 spiro atoms. The van der Waals surface area contributed by atoms with Crippen molar-refractivity contribution in [2.24, 2.45) is 0 Å². The number of hydrogen-bond donors (Lipinski definition) is 8. The summed E-state index contributed by atoms with van der Waals surface area (Å²) in [5.41, 5.74) is -11.9. The fourth-order valence-corrected chi connectivity index (χ4v) is 2.74. The fourth-order valence-electron chi connectivity index (χ4n) is 2.74. The first kappa shape index (κ1) is 102. The SMILES string of the molecule is O=C([O-])CC(O)(CC(=O)[O-])C(=O)[O-].O=C([O-])CC(O)(CC(=O)[O-])C(=O)[O-].O=C([O-])CC(O)(CC(=O)[O-])C(=O)[O-].O=C([O-])CC(O)(CC(=O)[O-])C(=O)[O-].O=S(=O)([O-])[O-].O=S(=O)([O-])[O-].[Fe+3].[Fe+3].[Fe+3].[Fe+3].[NH4+].[NH4+].[NH4+].[NH4+]. The molecule has 0 aliphatic rings. The topological polar surface area (TPSA) is 869 Å². The maximum Gasteiger partial charge on any atom is 3.00 e. The van der Waals surface area contributed by atoms with Gasteiger partial charge in [0.25, 0.3) is 0 Å². The van der Waals surface area contributed by atoms with Crippen LogP contribution in [0.5, 0.6) is 0 Å². The Morgan fingerprint density at radius 1 is 0.271 bits per heavy atom. The molecule has 0 atom stereocenters. The molecular weight excluding hydrogens is 1210 g/mol. The average molecular weight is 1240 g/mol. The molecule has 0 heterocycles. The Balaban J connectivity index is -0.0000000450. The van der Waals surface area contributed by atoms with Crippen molar-refractivity contribution >= 4 is 92.4 Å². The first-order chi connectivity index (χ1) is 27.1. The van der Waals surface area contributed by atoms with E-state index in [0.29, 0.717) is 0 Å². The third-order valence-corrected chi connectivity index (χ3v) is 5.01. The van der Waals surface area contributed by atoms with E-state index in [1.807, 2.05) is 0 Å². The largest absolute Gasteiger partial charge is 3.00 e. The van der Waals surface area contributed by atoms with Gasteiger partial charge in [-0.3, -0.25) is 16.8 Å². The van der Waals surface area contributed by atoms with Crippen LogP contribution in [0.25, 0.3) is 0 Å². The molecule has 0 aromatic carbocycles. The summed E-state index contributed by atoms with van der Waals surface area (Å²) in [6, 6.07) is 0. The molecule has 412 valence electrons. The molecule has 0 aliphatic carbocycles. The van der Waals surface area contributed by atoms with Crippen LogP contribution in [0.15, 0.2) is 0 Å². The maximum absolute atomic E-state index is 10.1. The van der Waals surface area contributed by atoms with Gasteiger partial charge in [0.05, 0.1) is 23.9 Å². The van der Waals surface area contributed by atoms with Gasteiger partial charge in [-0.1, -0.05) is 0 Å². The summed E-state index contributed by atoms with van der Waals surface area (Å²) in [5, 5.41) is 156. The first-order valence-electron chi connectivity index (χ1n) is 13.8. The van der Waals surface area contributed by atoms with E-state index >= 15 is 0 Å². The summed E-state index contributed by atoms with van der Waals surface area (Å²) >= 11 is 0. The number of carbonyl (C=O) groups excluding carboxylic acids is 12. The van der Waals surface area contributed by atoms with E-state index in [9.17, 15) is 119 Å². The Labute approximate surface area is 431 Å². The minimum absolute atomic E-state index is 0. The molecule has 20 N–H and O–H groups in total. The van der Waals surface area contributed by atoms with Crippen LogP contribution in [-0.2, 0) is 147 Å². The van der Waals surface area contributed by atoms with Crippen LogP contribution in [-0.4, -0.2) is 150 Å². The Hall–Kier alpha value is -4.86. The summed E-state index contributed by atoms with van der Waals surface area (Å²) in [6.45, 7) is 0. The van der Waals surface area contributed by atoms with Crippen molar-refractivity contribution in [1.29, 1.82) is 0 Å². The van der Waals surface area contributed by atoms with Gasteiger partial charge in [0, 0.05) is 120 Å². The number of hydrogen-bond acceptors (Lipinski definition) is 36. The molecule has 0 unspecified atom stereocenters. The molecule has 70 heavy (non-hydrogen) atoms. The van der Waals surface area contributed by atoms with Crippen LogP contribution in [0.3, 0.4) is 0 Å². The number of quaternary nitrogens is 4. The minimum Gasteiger partial charge on any atom is -0.759 e. The van der Waals surface area contributed by atoms with Crippen LogP contribution < -0.4 is 85.9 Å². The van der Waals surface area contributed by atoms with Crippen molar-refractivity contribution in [2.75, 3.05) is 0 Å². The minimum atomic E-state index is -5.17. The number of carboxylic acids is 12. The van der Waals surface area contributed by atoms with Gasteiger partial charge in [-0.2, -0.15) is 0 Å². The monoisotopic (exact) mass is 1240 g/mol. The fraction of sp³-hybridized carbons (Fsp3) is 0.500. The van der Waals surface area contributed by atoms with E-state index < -0.39 is 166 Å². The van der Waals surface area contributed by atoms with E-state index in [1.54, 1.807) is 0 Å². The van der Waals surface area contributed by atoms with Gasteiger partial charge in [-0.25, -0.2) is 0 Å². The van der Waals surface area contributed by atoms with Crippen molar-refractivity contribution in [3.05, 3.63) is 0 Å². The van der Waals surface area contributed by atoms with Gasteiger partial charge in [0.15, 0.2) is 0 Å². The van der Waals surface area contributed by atoms with Gasteiger partial charge in [-0.15, -0.1) is 0 Å². The Bertz CT molecular complexity index is 1580. The van der Waals surface area contributed by atoms with E-state index in [4.69, 9.17) is 55.5 Å². The number of aliphatic hydroxyl groups is 4. The second-order valence-corrected chi connectivity index (χ2v) is 12.1. The van der Waals surface area contributed by atoms with Gasteiger partial charge in [-0.05, 0) is 0 Å². The molecule has 4 radical (unpaired) electrons. The molecule has 46 heteroatoms. The molecule has 0 fully saturated rings. The first-order valence-corrected chi connectivity index (χ1v) is 16.5. The maximum atomic E-state index is 10.1. The Kier molecular flexibility index (Phi) is 66.3. The molecule has 40 nitrogen and oxygen atoms in total. The van der Waals surface area contributed by atoms with Crippen molar-refractivity contribution in [1.82, 2.24) is 24.6 Å². The third-order valence-electron chi connectivity index (χ3n) is 5.01. The average Bonchev–Trinajstić information content (AvgIpc) is 2.92. The molecule has 0 aromatic rings. The summed E-state index contributed by atoms with van der Waals surface area (Å²) in [6.07, 6.45) is -10.9. The second-order valence-electron chi connectivity index (χ2n) is 10.5. The Morgan fingerprint density at radius 3 is 0.357 bits per heavy atom. The zero-order chi connectivity index (χ0) is 51.6. The van der Waals surface area contributed by atoms with Gasteiger partial charge in [0.2, 0.25) is 0 Å². The predicted molar refractivity (Wildman–Crippen MR) is 162 cm³/mol. The van der Waals surface area contributed by atoms with E-state index in [2.05, 4.69) is 0 Å². The zero-order valence-corrected chi connectivity index (χ0v) is 40.8. The smallest absolute Gasteiger partial charge is 0.759 e. The standard InChI is InChI=1S/4C6H8O7.4Fe.4H3N.2H2O4S/c4*7-3(8)1-6(13,5(11)12)2-4(9)10;;;;;;;;;2*1-5(2,3)4/h4*13H,1-2H2,(H,7,8)(H,9,10)(H,11,12);;;;;4*1H3;2*(H2,1,2,3,4)/q;;;;4*+3;;;;;;/p-12. The van der Waals surface area contributed by atoms with Crippen LogP contribution in [0.1, 0.15) is 51.4 Å². The molecule has 0 aliphatic heterocycles. The molecule has 0 rings (SSSR count). The number of carbonyl (C=O) groups is 12. The van der Waals surface area contributed by atoms with Crippen LogP contribution >= 0.6 is 0 Å². The van der Waals surface area contributed by atoms with Crippen molar-refractivity contribution in [3.8, 4) is 0 Å². The molecule has 0 saturated heterocycles. The summed E-state index contributed by atoms with van der Waals surface area (Å²) in [4.78, 5) is 120. The van der Waals surface area contributed by atoms with Crippen molar-refractivity contribution in [3.63, 3.8) is 0 Å². The summed E-state index contributed by atoms with van der Waals surface area (Å²) < 4.78 is 68.2. The van der Waals surface area contributed by atoms with Gasteiger partial charge >= 0.3 is 68.3 Å². The van der Waals surface area contributed by atoms with E-state index in [1.165, 1.54) is 0 Å². The molecular formula is C24H36Fe4N4O36S2. The van der Waals surface area contributed by atoms with Gasteiger partial charge < -0.3 is 182 Å². The van der Waals surface area contributed by atoms with Gasteiger partial charge in [0.1, 0.15) is 22.4 Å². The summed E-state index contributed by atoms with van der Waals surface area (Å²) in [7, 11) is -10.3. The predicted octanol–water partition coefficient (Wildman–Crippen LogP) is -22.2. The second kappa shape index (κ2) is 45.3. The van der Waals surface area contributed by atoms with Crippen LogP contribution in [0.2, 0.25) is 0 Å². The van der Waals surface area contributed by atoms with Crippen molar-refractivity contribution < 1.29 is 243 Å². The number of carboxylic acid groups (broad SMARTS) is 12. The molecule has 0 bridgehead atoms. The normalized spacial score (nSPS) is 9.71. The Morgan fingerprint density at radius 2 is 0.329 bits per heavy atom. The summed E-state index contributed by atoms with van der Waals surface area (Å²) in [5.74, 6) is -23.9. The molecule has 0 aromatic heterocycles. The zero-order valence-electron chi connectivity index (χ0n) is 34.7.